The Balaban J connectivity index is 1.76. The molecule has 19 heavy (non-hydrogen) atoms. The lowest BCUT2D eigenvalue weighted by Gasteiger charge is -2.19. The minimum absolute atomic E-state index is 0.222. The Kier molecular flexibility index (Phi) is 3.21. The SMILES string of the molecule is OCC1CCn2nc(Cc3ccc(O)cc3)nc2C1. The summed E-state index contributed by atoms with van der Waals surface area (Å²) in [7, 11) is 0. The van der Waals surface area contributed by atoms with Crippen molar-refractivity contribution in [3.63, 3.8) is 0 Å². The summed E-state index contributed by atoms with van der Waals surface area (Å²) in [5.41, 5.74) is 1.08. The van der Waals surface area contributed by atoms with Crippen molar-refractivity contribution in [2.75, 3.05) is 6.61 Å². The van der Waals surface area contributed by atoms with Gasteiger partial charge in [-0.15, -0.1) is 0 Å². The van der Waals surface area contributed by atoms with Gasteiger partial charge in [0.2, 0.25) is 0 Å². The summed E-state index contributed by atoms with van der Waals surface area (Å²) in [4.78, 5) is 4.54. The molecule has 1 unspecified atom stereocenters. The van der Waals surface area contributed by atoms with E-state index < -0.39 is 0 Å². The van der Waals surface area contributed by atoms with E-state index in [1.807, 2.05) is 16.8 Å². The lowest BCUT2D eigenvalue weighted by Crippen LogP contribution is -2.22. The number of fused-ring (bicyclic) bond motifs is 1. The van der Waals surface area contributed by atoms with Crippen molar-refractivity contribution >= 4 is 0 Å². The molecule has 0 saturated heterocycles. The zero-order chi connectivity index (χ0) is 13.2. The van der Waals surface area contributed by atoms with Crippen LogP contribution < -0.4 is 0 Å². The largest absolute Gasteiger partial charge is 0.508 e. The van der Waals surface area contributed by atoms with E-state index in [9.17, 15) is 10.2 Å². The maximum Gasteiger partial charge on any atom is 0.155 e. The topological polar surface area (TPSA) is 71.2 Å². The van der Waals surface area contributed by atoms with Gasteiger partial charge >= 0.3 is 0 Å². The monoisotopic (exact) mass is 259 g/mol. The van der Waals surface area contributed by atoms with Gasteiger partial charge in [0.15, 0.2) is 5.82 Å². The van der Waals surface area contributed by atoms with Gasteiger partial charge in [0.05, 0.1) is 0 Å². The normalized spacial score (nSPS) is 18.3. The molecule has 0 radical (unpaired) electrons. The Bertz CT molecular complexity index is 563. The summed E-state index contributed by atoms with van der Waals surface area (Å²) in [5.74, 6) is 2.36. The highest BCUT2D eigenvalue weighted by molar-refractivity contribution is 5.27. The minimum Gasteiger partial charge on any atom is -0.508 e. The molecule has 1 aromatic heterocycles. The summed E-state index contributed by atoms with van der Waals surface area (Å²) in [6.45, 7) is 1.06. The molecule has 0 spiro atoms. The summed E-state index contributed by atoms with van der Waals surface area (Å²) >= 11 is 0. The number of aromatic hydroxyl groups is 1. The van der Waals surface area contributed by atoms with E-state index in [-0.39, 0.29) is 12.4 Å². The molecule has 0 fully saturated rings. The Morgan fingerprint density at radius 3 is 2.79 bits per heavy atom. The molecule has 1 atom stereocenters. The second-order valence-corrected chi connectivity index (χ2v) is 5.05. The molecule has 0 amide bonds. The van der Waals surface area contributed by atoms with Crippen molar-refractivity contribution in [3.05, 3.63) is 41.5 Å². The van der Waals surface area contributed by atoms with Crippen LogP contribution in [0.1, 0.15) is 23.6 Å². The quantitative estimate of drug-likeness (QED) is 0.866. The highest BCUT2D eigenvalue weighted by atomic mass is 16.3. The third kappa shape index (κ3) is 2.61. The molecule has 1 aliphatic heterocycles. The van der Waals surface area contributed by atoms with Crippen LogP contribution in [-0.2, 0) is 19.4 Å². The molecule has 0 bridgehead atoms. The third-order valence-corrected chi connectivity index (χ3v) is 3.57. The van der Waals surface area contributed by atoms with Crippen molar-refractivity contribution in [2.45, 2.75) is 25.8 Å². The first-order valence-corrected chi connectivity index (χ1v) is 6.56. The molecule has 1 aromatic carbocycles. The Hall–Kier alpha value is -1.88. The fraction of sp³-hybridized carbons (Fsp3) is 0.429. The Labute approximate surface area is 111 Å². The Morgan fingerprint density at radius 2 is 2.05 bits per heavy atom. The van der Waals surface area contributed by atoms with Crippen LogP contribution in [0.25, 0.3) is 0 Å². The predicted octanol–water partition coefficient (Wildman–Crippen LogP) is 1.13. The number of hydrogen-bond donors (Lipinski definition) is 2. The van der Waals surface area contributed by atoms with Crippen LogP contribution >= 0.6 is 0 Å². The van der Waals surface area contributed by atoms with E-state index >= 15 is 0 Å². The molecule has 0 saturated carbocycles. The van der Waals surface area contributed by atoms with Crippen LogP contribution in [0.15, 0.2) is 24.3 Å². The van der Waals surface area contributed by atoms with E-state index in [1.165, 1.54) is 0 Å². The Morgan fingerprint density at radius 1 is 1.26 bits per heavy atom. The van der Waals surface area contributed by atoms with E-state index in [1.54, 1.807) is 12.1 Å². The molecule has 0 aliphatic carbocycles. The molecule has 3 rings (SSSR count). The summed E-state index contributed by atoms with van der Waals surface area (Å²) in [6, 6.07) is 7.11. The van der Waals surface area contributed by atoms with Crippen LogP contribution in [-0.4, -0.2) is 31.6 Å². The van der Waals surface area contributed by atoms with Crippen LogP contribution in [0.4, 0.5) is 0 Å². The number of hydrogen-bond acceptors (Lipinski definition) is 4. The first-order chi connectivity index (χ1) is 9.24. The maximum atomic E-state index is 9.25. The van der Waals surface area contributed by atoms with Gasteiger partial charge in [-0.2, -0.15) is 5.10 Å². The van der Waals surface area contributed by atoms with Gasteiger partial charge in [-0.3, -0.25) is 0 Å². The maximum absolute atomic E-state index is 9.25. The van der Waals surface area contributed by atoms with Crippen LogP contribution in [0.2, 0.25) is 0 Å². The lowest BCUT2D eigenvalue weighted by molar-refractivity contribution is 0.196. The highest BCUT2D eigenvalue weighted by Gasteiger charge is 2.21. The van der Waals surface area contributed by atoms with Crippen LogP contribution in [0.3, 0.4) is 0 Å². The molecule has 100 valence electrons. The zero-order valence-corrected chi connectivity index (χ0v) is 10.7. The number of nitrogens with zero attached hydrogens (tertiary/aromatic N) is 3. The number of phenols is 1. The number of aliphatic hydroxyl groups is 1. The van der Waals surface area contributed by atoms with Crippen LogP contribution in [0.5, 0.6) is 5.75 Å². The number of aryl methyl sites for hydroxylation is 1. The van der Waals surface area contributed by atoms with Gasteiger partial charge in [0.25, 0.3) is 0 Å². The molecule has 2 aromatic rings. The molecule has 5 nitrogen and oxygen atoms in total. The van der Waals surface area contributed by atoms with Gasteiger partial charge in [0.1, 0.15) is 11.6 Å². The third-order valence-electron chi connectivity index (χ3n) is 3.57. The van der Waals surface area contributed by atoms with Gasteiger partial charge in [-0.1, -0.05) is 12.1 Å². The van der Waals surface area contributed by atoms with Gasteiger partial charge in [-0.05, 0) is 30.0 Å². The van der Waals surface area contributed by atoms with E-state index in [4.69, 9.17) is 0 Å². The summed E-state index contributed by atoms with van der Waals surface area (Å²) in [6.07, 6.45) is 2.44. The standard InChI is InChI=1S/C14H17N3O2/c18-9-11-5-6-17-14(8-11)15-13(16-17)7-10-1-3-12(19)4-2-10/h1-4,11,18-19H,5-9H2. The molecular formula is C14H17N3O2. The minimum atomic E-state index is 0.222. The molecular weight excluding hydrogens is 242 g/mol. The average molecular weight is 259 g/mol. The van der Waals surface area contributed by atoms with Crippen molar-refractivity contribution < 1.29 is 10.2 Å². The summed E-state index contributed by atoms with van der Waals surface area (Å²) in [5, 5.41) is 23.0. The number of rotatable bonds is 3. The van der Waals surface area contributed by atoms with Gasteiger partial charge in [-0.25, -0.2) is 9.67 Å². The van der Waals surface area contributed by atoms with Gasteiger partial charge in [0, 0.05) is 26.0 Å². The van der Waals surface area contributed by atoms with E-state index in [0.717, 1.165) is 36.6 Å². The fourth-order valence-corrected chi connectivity index (χ4v) is 2.45. The summed E-state index contributed by atoms with van der Waals surface area (Å²) < 4.78 is 1.95. The first-order valence-electron chi connectivity index (χ1n) is 6.56. The van der Waals surface area contributed by atoms with Gasteiger partial charge < -0.3 is 10.2 Å². The lowest BCUT2D eigenvalue weighted by atomic mass is 9.99. The smallest absolute Gasteiger partial charge is 0.155 e. The van der Waals surface area contributed by atoms with Crippen LogP contribution in [0, 0.1) is 5.92 Å². The van der Waals surface area contributed by atoms with E-state index in [0.29, 0.717) is 12.3 Å². The average Bonchev–Trinajstić information content (AvgIpc) is 2.82. The van der Waals surface area contributed by atoms with Crippen molar-refractivity contribution in [1.29, 1.82) is 0 Å². The first kappa shape index (κ1) is 12.2. The predicted molar refractivity (Wildman–Crippen MR) is 69.8 cm³/mol. The number of phenolic OH excluding ortho intramolecular Hbond substituents is 1. The zero-order valence-electron chi connectivity index (χ0n) is 10.7. The molecule has 5 heteroatoms. The molecule has 2 N–H and O–H groups in total. The fourth-order valence-electron chi connectivity index (χ4n) is 2.45. The van der Waals surface area contributed by atoms with Crippen molar-refractivity contribution in [2.24, 2.45) is 5.92 Å². The molecule has 2 heterocycles. The number of benzene rings is 1. The highest BCUT2D eigenvalue weighted by Crippen LogP contribution is 2.19. The number of aliphatic hydroxyl groups excluding tert-OH is 1. The number of aromatic nitrogens is 3. The van der Waals surface area contributed by atoms with Crippen molar-refractivity contribution in [3.8, 4) is 5.75 Å². The van der Waals surface area contributed by atoms with Crippen molar-refractivity contribution in [1.82, 2.24) is 14.8 Å². The van der Waals surface area contributed by atoms with E-state index in [2.05, 4.69) is 10.1 Å². The molecule has 1 aliphatic rings. The second-order valence-electron chi connectivity index (χ2n) is 5.05. The second kappa shape index (κ2) is 5.01.